The van der Waals surface area contributed by atoms with Gasteiger partial charge in [0.05, 0.1) is 0 Å². The topological polar surface area (TPSA) is 0 Å². The van der Waals surface area contributed by atoms with Crippen LogP contribution in [0.4, 0.5) is 0 Å². The fourth-order valence-corrected chi connectivity index (χ4v) is 0.874. The summed E-state index contributed by atoms with van der Waals surface area (Å²) in [5, 5.41) is 0. The molecule has 0 N–H and O–H groups in total. The summed E-state index contributed by atoms with van der Waals surface area (Å²) in [5.41, 5.74) is 1.74. The molecule has 0 unspecified atom stereocenters. The molecule has 0 atom stereocenters. The van der Waals surface area contributed by atoms with Gasteiger partial charge in [0.1, 0.15) is 0 Å². The van der Waals surface area contributed by atoms with Gasteiger partial charge < -0.3 is 0 Å². The molecule has 13 heavy (non-hydrogen) atoms. The van der Waals surface area contributed by atoms with E-state index in [9.17, 15) is 0 Å². The Labute approximate surface area is 98.4 Å². The Morgan fingerprint density at radius 2 is 1.54 bits per heavy atom. The van der Waals surface area contributed by atoms with Crippen molar-refractivity contribution in [3.05, 3.63) is 30.2 Å². The first-order chi connectivity index (χ1) is 5.84. The van der Waals surface area contributed by atoms with Crippen molar-refractivity contribution >= 4 is 27.9 Å². The van der Waals surface area contributed by atoms with E-state index in [1.807, 2.05) is 0 Å². The Hall–Kier alpha value is 1.06. The molecule has 0 aromatic carbocycles. The predicted octanol–water partition coefficient (Wildman–Crippen LogP) is 4.80. The van der Waals surface area contributed by atoms with E-state index in [1.165, 1.54) is 5.57 Å². The van der Waals surface area contributed by atoms with E-state index < -0.39 is 14.7 Å². The summed E-state index contributed by atoms with van der Waals surface area (Å²) in [6.45, 7) is 6.67. The Balaban J connectivity index is 0.000000310. The van der Waals surface area contributed by atoms with Gasteiger partial charge in [0.15, 0.2) is 0 Å². The maximum absolute atomic E-state index is 4.97. The van der Waals surface area contributed by atoms with E-state index in [-0.39, 0.29) is 0 Å². The van der Waals surface area contributed by atoms with E-state index >= 15 is 0 Å². The second-order valence-electron chi connectivity index (χ2n) is 3.64. The first-order valence-electron chi connectivity index (χ1n) is 3.89. The monoisotopic (exact) mass is 274 g/mol. The number of hydrogen-bond acceptors (Lipinski definition) is 0. The summed E-state index contributed by atoms with van der Waals surface area (Å²) in [4.78, 5) is 0. The van der Waals surface area contributed by atoms with Crippen LogP contribution in [-0.4, -0.2) is 0 Å². The Morgan fingerprint density at radius 3 is 1.69 bits per heavy atom. The zero-order chi connectivity index (χ0) is 10.5. The molecule has 0 saturated heterocycles. The number of halogens is 3. The van der Waals surface area contributed by atoms with E-state index in [1.54, 1.807) is 0 Å². The van der Waals surface area contributed by atoms with Gasteiger partial charge in [-0.3, -0.25) is 0 Å². The van der Waals surface area contributed by atoms with E-state index in [0.717, 1.165) is 0 Å². The van der Waals surface area contributed by atoms with Crippen molar-refractivity contribution in [1.82, 2.24) is 0 Å². The summed E-state index contributed by atoms with van der Waals surface area (Å²) >= 11 is -1.92. The third-order valence-electron chi connectivity index (χ3n) is 1.53. The fraction of sp³-hybridized carbons (Fsp3) is 0.444. The van der Waals surface area contributed by atoms with Gasteiger partial charge in [0, 0.05) is 6.42 Å². The van der Waals surface area contributed by atoms with Gasteiger partial charge in [0.2, 0.25) is 0 Å². The van der Waals surface area contributed by atoms with E-state index in [0.29, 0.717) is 5.41 Å². The summed E-state index contributed by atoms with van der Waals surface area (Å²) in [5.74, 6) is 0. The third-order valence-corrected chi connectivity index (χ3v) is 1.53. The number of rotatable bonds is 0. The molecule has 0 aliphatic heterocycles. The number of hydrogen-bond donors (Lipinski definition) is 0. The molecule has 0 aromatic rings. The number of allylic oxidation sites excluding steroid dienone is 4. The zero-order valence-electron chi connectivity index (χ0n) is 7.94. The van der Waals surface area contributed by atoms with E-state index in [4.69, 9.17) is 27.9 Å². The van der Waals surface area contributed by atoms with Crippen molar-refractivity contribution in [3.8, 4) is 0 Å². The van der Waals surface area contributed by atoms with Crippen LogP contribution in [-0.2, 0) is 14.7 Å². The van der Waals surface area contributed by atoms with Crippen LogP contribution >= 0.6 is 27.9 Å². The van der Waals surface area contributed by atoms with E-state index in [2.05, 4.69) is 45.4 Å². The molecule has 0 fully saturated rings. The van der Waals surface area contributed by atoms with Crippen LogP contribution in [0.5, 0.6) is 0 Å². The van der Waals surface area contributed by atoms with Crippen LogP contribution in [0.3, 0.4) is 0 Å². The van der Waals surface area contributed by atoms with Gasteiger partial charge in [-0.25, -0.2) is 0 Å². The molecule has 0 bridgehead atoms. The first-order valence-corrected chi connectivity index (χ1v) is 10.3. The molecule has 0 aromatic heterocycles. The van der Waals surface area contributed by atoms with Crippen LogP contribution in [0, 0.1) is 11.8 Å². The quantitative estimate of drug-likeness (QED) is 0.557. The summed E-state index contributed by atoms with van der Waals surface area (Å²) in [6, 6.07) is 0. The zero-order valence-corrected chi connectivity index (χ0v) is 11.8. The van der Waals surface area contributed by atoms with Crippen molar-refractivity contribution in [2.45, 2.75) is 20.8 Å². The molecule has 1 aliphatic rings. The molecule has 1 radical (unpaired) electrons. The third kappa shape index (κ3) is 8.09. The summed E-state index contributed by atoms with van der Waals surface area (Å²) in [6.07, 6.45) is 8.50. The molecule has 0 spiro atoms. The predicted molar refractivity (Wildman–Crippen MR) is 58.5 cm³/mol. The minimum absolute atomic E-state index is 0.323. The molecular weight excluding hydrogens is 262 g/mol. The average Bonchev–Trinajstić information content (AvgIpc) is 2.31. The van der Waals surface area contributed by atoms with Gasteiger partial charge in [-0.15, -0.1) is 0 Å². The van der Waals surface area contributed by atoms with Crippen LogP contribution in [0.25, 0.3) is 0 Å². The van der Waals surface area contributed by atoms with Crippen molar-refractivity contribution in [1.29, 1.82) is 0 Å². The van der Waals surface area contributed by atoms with Crippen LogP contribution in [0.1, 0.15) is 20.8 Å². The molecule has 0 nitrogen and oxygen atoms in total. The summed E-state index contributed by atoms with van der Waals surface area (Å²) in [7, 11) is 14.9. The Morgan fingerprint density at radius 1 is 1.08 bits per heavy atom. The maximum atomic E-state index is 4.97. The molecule has 1 rings (SSSR count). The van der Waals surface area contributed by atoms with Crippen LogP contribution in [0.15, 0.2) is 23.8 Å². The second kappa shape index (κ2) is 6.53. The van der Waals surface area contributed by atoms with Crippen molar-refractivity contribution in [3.63, 3.8) is 0 Å². The van der Waals surface area contributed by atoms with Gasteiger partial charge in [0.25, 0.3) is 0 Å². The molecule has 0 saturated carbocycles. The first kappa shape index (κ1) is 14.1. The second-order valence-corrected chi connectivity index (χ2v) is 11.4. The normalized spacial score (nSPS) is 14.8. The van der Waals surface area contributed by atoms with Crippen LogP contribution in [0.2, 0.25) is 0 Å². The fourth-order valence-electron chi connectivity index (χ4n) is 0.874. The standard InChI is InChI=1S/C9H13.3ClH.Ti/c1-9(2,3)8-6-4-5-7-8;;;;/h4-7H,1-3H3;3*1H;/q;;;;+3/p-3. The van der Waals surface area contributed by atoms with Crippen LogP contribution < -0.4 is 0 Å². The minimum atomic E-state index is -1.92. The molecule has 1 aliphatic carbocycles. The van der Waals surface area contributed by atoms with Gasteiger partial charge >= 0.3 is 42.6 Å². The average molecular weight is 275 g/mol. The molecule has 4 heteroatoms. The molecular formula is C9H13Cl3Ti. The SMILES string of the molecule is CC(C)(C)C1=CC=C[CH]1.[Cl][Ti]([Cl])[Cl]. The van der Waals surface area contributed by atoms with Crippen molar-refractivity contribution in [2.75, 3.05) is 0 Å². The summed E-state index contributed by atoms with van der Waals surface area (Å²) < 4.78 is 0. The molecule has 0 heterocycles. The molecule has 74 valence electrons. The van der Waals surface area contributed by atoms with Crippen molar-refractivity contribution in [2.24, 2.45) is 5.41 Å². The van der Waals surface area contributed by atoms with Crippen molar-refractivity contribution < 1.29 is 14.7 Å². The van der Waals surface area contributed by atoms with Gasteiger partial charge in [-0.1, -0.05) is 44.6 Å². The Bertz CT molecular complexity index is 199. The molecule has 0 amide bonds. The Kier molecular flexibility index (Phi) is 7.06. The van der Waals surface area contributed by atoms with Gasteiger partial charge in [-0.05, 0) is 5.41 Å². The van der Waals surface area contributed by atoms with Gasteiger partial charge in [-0.2, -0.15) is 0 Å².